The van der Waals surface area contributed by atoms with Crippen LogP contribution in [0.2, 0.25) is 0 Å². The van der Waals surface area contributed by atoms with Crippen molar-refractivity contribution in [1.82, 2.24) is 19.5 Å². The molecule has 1 aliphatic carbocycles. The van der Waals surface area contributed by atoms with E-state index < -0.39 is 66.8 Å². The number of rotatable bonds is 5. The van der Waals surface area contributed by atoms with Gasteiger partial charge in [-0.25, -0.2) is 23.1 Å². The Kier molecular flexibility index (Phi) is 3.81. The monoisotopic (exact) mass is 455 g/mol. The van der Waals surface area contributed by atoms with Gasteiger partial charge in [0.05, 0.1) is 26.3 Å². The molecule has 1 aromatic carbocycles. The van der Waals surface area contributed by atoms with Gasteiger partial charge in [-0.15, -0.1) is 0 Å². The third-order valence-corrected chi connectivity index (χ3v) is 5.06. The number of nitrogens with one attached hydrogen (secondary N) is 2. The molecule has 8 nitrogen and oxygen atoms in total. The second-order valence-corrected chi connectivity index (χ2v) is 7.27. The number of fused-ring (bicyclic) bond motifs is 1. The van der Waals surface area contributed by atoms with Crippen LogP contribution in [-0.2, 0) is 4.74 Å². The van der Waals surface area contributed by atoms with Gasteiger partial charge in [0.25, 0.3) is 0 Å². The van der Waals surface area contributed by atoms with Crippen molar-refractivity contribution in [2.24, 2.45) is 0 Å². The highest BCUT2D eigenvalue weighted by atomic mass is 19.1. The van der Waals surface area contributed by atoms with Crippen LogP contribution < -0.4 is 10.6 Å². The molecule has 32 heavy (non-hydrogen) atoms. The van der Waals surface area contributed by atoms with E-state index in [2.05, 4.69) is 25.6 Å². The number of hydrogen-bond donors (Lipinski definition) is 3. The Morgan fingerprint density at radius 3 is 2.72 bits per heavy atom. The summed E-state index contributed by atoms with van der Waals surface area (Å²) in [6.45, 7) is 0.560. The van der Waals surface area contributed by atoms with E-state index in [1.165, 1.54) is 10.8 Å². The average Bonchev–Trinajstić information content (AvgIpc) is 3.45. The third-order valence-electron chi connectivity index (χ3n) is 5.06. The Labute approximate surface area is 191 Å². The van der Waals surface area contributed by atoms with Gasteiger partial charge in [-0.2, -0.15) is 4.98 Å². The third kappa shape index (κ3) is 4.09. The number of ether oxygens (including phenoxy) is 1. The molecule has 11 heteroatoms. The molecule has 0 radical (unpaired) electrons. The van der Waals surface area contributed by atoms with Gasteiger partial charge in [0.2, 0.25) is 11.9 Å². The Bertz CT molecular complexity index is 1410. The molecule has 3 heterocycles. The van der Waals surface area contributed by atoms with Crippen LogP contribution in [-0.4, -0.2) is 50.0 Å². The van der Waals surface area contributed by atoms with E-state index in [0.29, 0.717) is 25.2 Å². The molecule has 0 spiro atoms. The fourth-order valence-corrected chi connectivity index (χ4v) is 3.56. The summed E-state index contributed by atoms with van der Waals surface area (Å²) in [6, 6.07) is -1.33. The maximum atomic E-state index is 14.4. The minimum atomic E-state index is -3.17. The molecule has 1 saturated carbocycles. The second-order valence-electron chi connectivity index (χ2n) is 7.27. The lowest BCUT2D eigenvalue weighted by Gasteiger charge is -2.26. The molecule has 3 atom stereocenters. The predicted molar refractivity (Wildman–Crippen MR) is 111 cm³/mol. The van der Waals surface area contributed by atoms with Crippen LogP contribution in [0.15, 0.2) is 18.3 Å². The summed E-state index contributed by atoms with van der Waals surface area (Å²) in [6.07, 6.45) is -11.3. The maximum Gasteiger partial charge on any atom is 0.224 e. The SMILES string of the molecule is [2H]C1([2H])CC([2H])(O)C([2H])([2H])C([2H])([2H])C1Nc1ncc2nc(Nc3c(F)cc(F)cc3F)n(C3CCOC3)c2n1. The largest absolute Gasteiger partial charge is 0.393 e. The number of aromatic nitrogens is 4. The molecule has 2 fully saturated rings. The minimum absolute atomic E-state index is 0.0738. The molecule has 3 unspecified atom stereocenters. The molecule has 0 amide bonds. The number of benzene rings is 1. The van der Waals surface area contributed by atoms with Crippen molar-refractivity contribution in [3.8, 4) is 0 Å². The Balaban J connectivity index is 1.57. The summed E-state index contributed by atoms with van der Waals surface area (Å²) in [4.78, 5) is 12.6. The molecule has 2 aromatic heterocycles. The van der Waals surface area contributed by atoms with Crippen molar-refractivity contribution in [2.75, 3.05) is 23.8 Å². The number of hydrogen-bond acceptors (Lipinski definition) is 7. The first-order chi connectivity index (χ1) is 18.0. The average molecular weight is 455 g/mol. The molecular formula is C21H23F3N6O2. The van der Waals surface area contributed by atoms with E-state index in [1.54, 1.807) is 0 Å². The molecule has 3 aromatic rings. The highest BCUT2D eigenvalue weighted by Crippen LogP contribution is 2.32. The first kappa shape index (κ1) is 14.3. The number of nitrogens with zero attached hydrogens (tertiary/aromatic N) is 4. The predicted octanol–water partition coefficient (Wildman–Crippen LogP) is 3.66. The van der Waals surface area contributed by atoms with E-state index in [9.17, 15) is 18.3 Å². The number of halogens is 3. The molecule has 3 N–H and O–H groups in total. The smallest absolute Gasteiger partial charge is 0.224 e. The Morgan fingerprint density at radius 2 is 1.97 bits per heavy atom. The van der Waals surface area contributed by atoms with E-state index in [1.807, 2.05) is 0 Å². The lowest BCUT2D eigenvalue weighted by Crippen LogP contribution is -2.29. The topological polar surface area (TPSA) is 97.1 Å². The Morgan fingerprint density at radius 1 is 1.16 bits per heavy atom. The lowest BCUT2D eigenvalue weighted by atomic mass is 9.93. The van der Waals surface area contributed by atoms with Crippen molar-refractivity contribution in [3.05, 3.63) is 35.8 Å². The summed E-state index contributed by atoms with van der Waals surface area (Å²) in [5.41, 5.74) is -0.416. The van der Waals surface area contributed by atoms with Crippen LogP contribution in [0.4, 0.5) is 30.8 Å². The summed E-state index contributed by atoms with van der Waals surface area (Å²) in [7, 11) is 0. The molecule has 1 saturated heterocycles. The fourth-order valence-electron chi connectivity index (χ4n) is 3.56. The van der Waals surface area contributed by atoms with E-state index >= 15 is 0 Å². The number of imidazole rings is 1. The molecule has 2 aliphatic rings. The van der Waals surface area contributed by atoms with Crippen LogP contribution >= 0.6 is 0 Å². The second kappa shape index (κ2) is 8.55. The van der Waals surface area contributed by atoms with Gasteiger partial charge in [0.15, 0.2) is 17.3 Å². The lowest BCUT2D eigenvalue weighted by molar-refractivity contribution is 0.126. The first-order valence-corrected chi connectivity index (χ1v) is 9.78. The molecule has 170 valence electrons. The zero-order chi connectivity index (χ0) is 28.5. The molecule has 0 bridgehead atoms. The van der Waals surface area contributed by atoms with Gasteiger partial charge < -0.3 is 20.5 Å². The first-order valence-electron chi connectivity index (χ1n) is 13.3. The van der Waals surface area contributed by atoms with Gasteiger partial charge in [-0.1, -0.05) is 0 Å². The fraction of sp³-hybridized carbons (Fsp3) is 0.476. The molecular weight excluding hydrogens is 425 g/mol. The van der Waals surface area contributed by atoms with Crippen LogP contribution in [0.3, 0.4) is 0 Å². The summed E-state index contributed by atoms with van der Waals surface area (Å²) >= 11 is 0. The Hall–Kier alpha value is -2.92. The number of anilines is 3. The quantitative estimate of drug-likeness (QED) is 0.540. The van der Waals surface area contributed by atoms with Crippen molar-refractivity contribution < 1.29 is 32.6 Å². The highest BCUT2D eigenvalue weighted by molar-refractivity contribution is 5.76. The standard InChI is InChI=1S/C21H23F3N6O2/c22-11-7-15(23)18(16(24)8-11)28-21-27-17-9-25-20(26-12-1-3-14(31)4-2-12)29-19(17)30(21)13-5-6-32-10-13/h7-9,12-14,31H,1-6,10H2,(H,27,28)(H,25,26,29)/i1D2,2D2,3D2,14D. The van der Waals surface area contributed by atoms with Gasteiger partial charge in [-0.3, -0.25) is 4.57 Å². The van der Waals surface area contributed by atoms with E-state index in [0.717, 1.165) is 0 Å². The highest BCUT2D eigenvalue weighted by Gasteiger charge is 2.27. The van der Waals surface area contributed by atoms with E-state index in [4.69, 9.17) is 14.3 Å². The van der Waals surface area contributed by atoms with Crippen molar-refractivity contribution in [1.29, 1.82) is 0 Å². The summed E-state index contributed by atoms with van der Waals surface area (Å²) in [5, 5.41) is 15.2. The van der Waals surface area contributed by atoms with Crippen molar-refractivity contribution in [3.63, 3.8) is 0 Å². The van der Waals surface area contributed by atoms with Gasteiger partial charge in [-0.05, 0) is 32.0 Å². The zero-order valence-corrected chi connectivity index (χ0v) is 16.5. The van der Waals surface area contributed by atoms with Crippen LogP contribution in [0.1, 0.15) is 47.6 Å². The molecule has 1 aliphatic heterocycles. The number of aliphatic hydroxyl groups is 1. The van der Waals surface area contributed by atoms with Gasteiger partial charge in [0, 0.05) is 33.0 Å². The molecule has 5 rings (SSSR count). The summed E-state index contributed by atoms with van der Waals surface area (Å²) in [5.74, 6) is -3.90. The van der Waals surface area contributed by atoms with E-state index in [-0.39, 0.29) is 29.7 Å². The van der Waals surface area contributed by atoms with Gasteiger partial charge >= 0.3 is 0 Å². The maximum absolute atomic E-state index is 14.4. The minimum Gasteiger partial charge on any atom is -0.393 e. The van der Waals surface area contributed by atoms with Gasteiger partial charge in [0.1, 0.15) is 17.0 Å². The normalized spacial score (nSPS) is 33.8. The van der Waals surface area contributed by atoms with Crippen LogP contribution in [0.25, 0.3) is 11.2 Å². The summed E-state index contributed by atoms with van der Waals surface area (Å²) < 4.78 is 106. The van der Waals surface area contributed by atoms with Crippen LogP contribution in [0.5, 0.6) is 0 Å². The van der Waals surface area contributed by atoms with Crippen LogP contribution in [0, 0.1) is 17.5 Å². The zero-order valence-electron chi connectivity index (χ0n) is 23.5. The van der Waals surface area contributed by atoms with Crippen molar-refractivity contribution in [2.45, 2.75) is 50.1 Å². The van der Waals surface area contributed by atoms with Crippen molar-refractivity contribution >= 4 is 28.7 Å².